The van der Waals surface area contributed by atoms with Crippen LogP contribution in [0, 0.1) is 5.92 Å². The van der Waals surface area contributed by atoms with Crippen LogP contribution in [0.15, 0.2) is 12.7 Å². The van der Waals surface area contributed by atoms with Crippen molar-refractivity contribution in [3.63, 3.8) is 0 Å². The van der Waals surface area contributed by atoms with E-state index < -0.39 is 18.1 Å². The molecule has 6 nitrogen and oxygen atoms in total. The van der Waals surface area contributed by atoms with Crippen LogP contribution in [0.25, 0.3) is 0 Å². The molecule has 1 atom stereocenters. The smallest absolute Gasteiger partial charge is 0.408 e. The Bertz CT molecular complexity index is 265. The third-order valence-electron chi connectivity index (χ3n) is 1.66. The number of nitrogens with one attached hydrogen (secondary N) is 1. The summed E-state index contributed by atoms with van der Waals surface area (Å²) in [5.74, 6) is -0.860. The highest BCUT2D eigenvalue weighted by Crippen LogP contribution is 1.95. The van der Waals surface area contributed by atoms with Gasteiger partial charge in [0.2, 0.25) is 0 Å². The van der Waals surface area contributed by atoms with Crippen molar-refractivity contribution in [2.24, 2.45) is 5.92 Å². The first-order valence-electron chi connectivity index (χ1n) is 5.32. The van der Waals surface area contributed by atoms with Crippen LogP contribution in [0.2, 0.25) is 0 Å². The molecular weight excluding hydrogens is 226 g/mol. The fourth-order valence-corrected chi connectivity index (χ4v) is 0.915. The average Bonchev–Trinajstić information content (AvgIpc) is 2.24. The van der Waals surface area contributed by atoms with Crippen molar-refractivity contribution in [3.8, 4) is 0 Å². The van der Waals surface area contributed by atoms with E-state index in [4.69, 9.17) is 9.84 Å². The highest BCUT2D eigenvalue weighted by atomic mass is 16.5. The van der Waals surface area contributed by atoms with E-state index in [1.165, 1.54) is 6.08 Å². The number of ether oxygens (including phenoxy) is 2. The van der Waals surface area contributed by atoms with E-state index in [1.807, 2.05) is 13.8 Å². The van der Waals surface area contributed by atoms with Gasteiger partial charge in [-0.3, -0.25) is 0 Å². The largest absolute Gasteiger partial charge is 0.480 e. The Morgan fingerprint density at radius 1 is 1.41 bits per heavy atom. The number of carbonyl (C=O) groups is 2. The van der Waals surface area contributed by atoms with Crippen LogP contribution in [0.3, 0.4) is 0 Å². The molecule has 17 heavy (non-hydrogen) atoms. The van der Waals surface area contributed by atoms with Gasteiger partial charge in [0.25, 0.3) is 0 Å². The van der Waals surface area contributed by atoms with Gasteiger partial charge in [-0.25, -0.2) is 9.59 Å². The van der Waals surface area contributed by atoms with Crippen molar-refractivity contribution < 1.29 is 24.2 Å². The standard InChI is InChI=1S/C11H19NO5/c1-4-5-17-11(15)12-9(10(13)14)7-16-6-8(2)3/h4,8-9H,1,5-7H2,2-3H3,(H,12,15)(H,13,14)/t9-/m0/s1. The van der Waals surface area contributed by atoms with Crippen molar-refractivity contribution in [3.05, 3.63) is 12.7 Å². The Hall–Kier alpha value is -1.56. The molecule has 0 saturated carbocycles. The summed E-state index contributed by atoms with van der Waals surface area (Å²) < 4.78 is 9.76. The molecule has 0 aromatic heterocycles. The Kier molecular flexibility index (Phi) is 7.79. The molecule has 0 aliphatic carbocycles. The van der Waals surface area contributed by atoms with Crippen molar-refractivity contribution in [1.29, 1.82) is 0 Å². The molecule has 0 fully saturated rings. The quantitative estimate of drug-likeness (QED) is 0.624. The fraction of sp³-hybridized carbons (Fsp3) is 0.636. The molecule has 0 heterocycles. The summed E-state index contributed by atoms with van der Waals surface area (Å²) in [5.41, 5.74) is 0. The molecule has 0 radical (unpaired) electrons. The molecule has 0 aromatic carbocycles. The third-order valence-corrected chi connectivity index (χ3v) is 1.66. The number of amides is 1. The van der Waals surface area contributed by atoms with Gasteiger partial charge < -0.3 is 19.9 Å². The number of carboxylic acids is 1. The number of hydrogen-bond acceptors (Lipinski definition) is 4. The number of aliphatic carboxylic acids is 1. The number of rotatable bonds is 8. The molecule has 0 aromatic rings. The molecule has 0 aliphatic rings. The molecule has 0 unspecified atom stereocenters. The van der Waals surface area contributed by atoms with Crippen LogP contribution >= 0.6 is 0 Å². The minimum atomic E-state index is -1.16. The van der Waals surface area contributed by atoms with Gasteiger partial charge in [-0.1, -0.05) is 26.5 Å². The van der Waals surface area contributed by atoms with E-state index in [2.05, 4.69) is 16.6 Å². The minimum Gasteiger partial charge on any atom is -0.480 e. The molecule has 0 aliphatic heterocycles. The van der Waals surface area contributed by atoms with Crippen molar-refractivity contribution in [2.75, 3.05) is 19.8 Å². The van der Waals surface area contributed by atoms with Crippen LogP contribution < -0.4 is 5.32 Å². The van der Waals surface area contributed by atoms with Crippen molar-refractivity contribution in [1.82, 2.24) is 5.32 Å². The first kappa shape index (κ1) is 15.4. The van der Waals surface area contributed by atoms with Crippen molar-refractivity contribution >= 4 is 12.1 Å². The lowest BCUT2D eigenvalue weighted by Gasteiger charge is -2.15. The maximum Gasteiger partial charge on any atom is 0.408 e. The van der Waals surface area contributed by atoms with Crippen LogP contribution in [0.1, 0.15) is 13.8 Å². The van der Waals surface area contributed by atoms with Crippen LogP contribution in [-0.4, -0.2) is 43.0 Å². The average molecular weight is 245 g/mol. The normalized spacial score (nSPS) is 11.9. The molecule has 0 rings (SSSR count). The van der Waals surface area contributed by atoms with Crippen LogP contribution in [-0.2, 0) is 14.3 Å². The fourth-order valence-electron chi connectivity index (χ4n) is 0.915. The SMILES string of the molecule is C=CCOC(=O)N[C@@H](COCC(C)C)C(=O)O. The minimum absolute atomic E-state index is 0.0328. The summed E-state index contributed by atoms with van der Waals surface area (Å²) >= 11 is 0. The van der Waals surface area contributed by atoms with Gasteiger partial charge in [-0.05, 0) is 5.92 Å². The molecule has 6 heteroatoms. The number of hydrogen-bond donors (Lipinski definition) is 2. The van der Waals surface area contributed by atoms with Gasteiger partial charge in [0.15, 0.2) is 6.04 Å². The monoisotopic (exact) mass is 245 g/mol. The first-order chi connectivity index (χ1) is 7.97. The molecule has 2 N–H and O–H groups in total. The second-order valence-corrected chi connectivity index (χ2v) is 3.85. The van der Waals surface area contributed by atoms with Gasteiger partial charge >= 0.3 is 12.1 Å². The van der Waals surface area contributed by atoms with E-state index in [1.54, 1.807) is 0 Å². The number of alkyl carbamates (subject to hydrolysis) is 1. The van der Waals surface area contributed by atoms with Gasteiger partial charge in [0, 0.05) is 6.61 Å². The Labute approximate surface area is 101 Å². The number of carboxylic acid groups (broad SMARTS) is 1. The summed E-state index contributed by atoms with van der Waals surface area (Å²) in [6, 6.07) is -1.11. The molecular formula is C11H19NO5. The highest BCUT2D eigenvalue weighted by molar-refractivity contribution is 5.80. The molecule has 0 spiro atoms. The highest BCUT2D eigenvalue weighted by Gasteiger charge is 2.20. The van der Waals surface area contributed by atoms with Crippen LogP contribution in [0.4, 0.5) is 4.79 Å². The zero-order valence-corrected chi connectivity index (χ0v) is 10.1. The van der Waals surface area contributed by atoms with Gasteiger partial charge in [0.1, 0.15) is 6.61 Å². The van der Waals surface area contributed by atoms with Crippen molar-refractivity contribution in [2.45, 2.75) is 19.9 Å². The van der Waals surface area contributed by atoms with E-state index in [0.29, 0.717) is 12.5 Å². The molecule has 1 amide bonds. The van der Waals surface area contributed by atoms with E-state index >= 15 is 0 Å². The third kappa shape index (κ3) is 8.27. The Morgan fingerprint density at radius 3 is 2.53 bits per heavy atom. The van der Waals surface area contributed by atoms with Gasteiger partial charge in [-0.15, -0.1) is 0 Å². The maximum absolute atomic E-state index is 11.1. The topological polar surface area (TPSA) is 84.9 Å². The summed E-state index contributed by atoms with van der Waals surface area (Å²) in [6.07, 6.45) is 0.593. The summed E-state index contributed by atoms with van der Waals surface area (Å²) in [6.45, 7) is 7.65. The Balaban J connectivity index is 4.01. The van der Waals surface area contributed by atoms with E-state index in [-0.39, 0.29) is 13.2 Å². The predicted molar refractivity (Wildman–Crippen MR) is 61.8 cm³/mol. The summed E-state index contributed by atoms with van der Waals surface area (Å²) in [4.78, 5) is 21.9. The summed E-state index contributed by atoms with van der Waals surface area (Å²) in [5, 5.41) is 11.0. The Morgan fingerprint density at radius 2 is 2.06 bits per heavy atom. The molecule has 98 valence electrons. The molecule has 0 bridgehead atoms. The zero-order chi connectivity index (χ0) is 13.3. The zero-order valence-electron chi connectivity index (χ0n) is 10.1. The molecule has 0 saturated heterocycles. The first-order valence-corrected chi connectivity index (χ1v) is 5.32. The lowest BCUT2D eigenvalue weighted by Crippen LogP contribution is -2.44. The summed E-state index contributed by atoms with van der Waals surface area (Å²) in [7, 11) is 0. The second-order valence-electron chi connectivity index (χ2n) is 3.85. The lowest BCUT2D eigenvalue weighted by atomic mass is 10.2. The number of carbonyl (C=O) groups excluding carboxylic acids is 1. The predicted octanol–water partition coefficient (Wildman–Crippen LogP) is 1.02. The second kappa shape index (κ2) is 8.58. The van der Waals surface area contributed by atoms with Gasteiger partial charge in [-0.2, -0.15) is 0 Å². The van der Waals surface area contributed by atoms with Gasteiger partial charge in [0.05, 0.1) is 6.61 Å². The van der Waals surface area contributed by atoms with Crippen LogP contribution in [0.5, 0.6) is 0 Å². The van der Waals surface area contributed by atoms with E-state index in [0.717, 1.165) is 0 Å². The maximum atomic E-state index is 11.1. The van der Waals surface area contributed by atoms with E-state index in [9.17, 15) is 9.59 Å². The lowest BCUT2D eigenvalue weighted by molar-refractivity contribution is -0.141.